The average Bonchev–Trinajstić information content (AvgIpc) is 2.23. The zero-order valence-electron chi connectivity index (χ0n) is 12.9. The van der Waals surface area contributed by atoms with Gasteiger partial charge in [0.1, 0.15) is 0 Å². The number of halogens is 2. The molecule has 0 bridgehead atoms. The number of rotatable bonds is 5. The molecule has 0 aliphatic rings. The van der Waals surface area contributed by atoms with Gasteiger partial charge in [-0.2, -0.15) is 0 Å². The molecular weight excluding hydrogens is 305 g/mol. The van der Waals surface area contributed by atoms with Crippen molar-refractivity contribution in [3.63, 3.8) is 0 Å². The quantitative estimate of drug-likeness (QED) is 0.515. The second kappa shape index (κ2) is 8.82. The molecule has 0 spiro atoms. The van der Waals surface area contributed by atoms with Gasteiger partial charge in [-0.05, 0) is 44.6 Å². The van der Waals surface area contributed by atoms with Crippen molar-refractivity contribution in [2.45, 2.75) is 34.1 Å². The number of carbonyl (C=O) groups excluding carboxylic acids is 1. The van der Waals surface area contributed by atoms with Gasteiger partial charge in [-0.15, -0.1) is 0 Å². The Bertz CT molecular complexity index is 437. The zero-order valence-corrected chi connectivity index (χ0v) is 15.4. The molecule has 2 unspecified atom stereocenters. The second-order valence-corrected chi connectivity index (χ2v) is 8.21. The molecule has 1 nitrogen and oxygen atoms in total. The van der Waals surface area contributed by atoms with E-state index in [0.717, 1.165) is 12.6 Å². The van der Waals surface area contributed by atoms with Crippen LogP contribution in [-0.2, 0) is 0 Å². The van der Waals surface area contributed by atoms with Crippen LogP contribution in [0.15, 0.2) is 18.2 Å². The van der Waals surface area contributed by atoms with Gasteiger partial charge in [0.25, 0.3) is 0 Å². The van der Waals surface area contributed by atoms with Crippen molar-refractivity contribution in [2.24, 2.45) is 11.3 Å². The van der Waals surface area contributed by atoms with E-state index in [1.807, 2.05) is 0 Å². The van der Waals surface area contributed by atoms with E-state index in [0.29, 0.717) is 26.9 Å². The molecule has 1 aromatic carbocycles. The van der Waals surface area contributed by atoms with Gasteiger partial charge in [0, 0.05) is 18.9 Å². The van der Waals surface area contributed by atoms with Gasteiger partial charge in [0.05, 0.1) is 15.6 Å². The standard InChI is InChI=1S/C15H21Cl2OP.Li/c1-10(8-15(2,3)4)9-19-14(18)13-11(16)6-5-7-12(13)17;/h5-7,10,19H,8-9H2,1-4H3;. The number of benzene rings is 1. The van der Waals surface area contributed by atoms with Crippen molar-refractivity contribution in [3.05, 3.63) is 33.8 Å². The Balaban J connectivity index is 0.00000361. The molecule has 1 aromatic rings. The Labute approximate surface area is 146 Å². The fraction of sp³-hybridized carbons (Fsp3) is 0.533. The molecule has 2 atom stereocenters. The van der Waals surface area contributed by atoms with Crippen molar-refractivity contribution in [2.75, 3.05) is 6.16 Å². The van der Waals surface area contributed by atoms with E-state index < -0.39 is 0 Å². The maximum Gasteiger partial charge on any atom is 0.184 e. The van der Waals surface area contributed by atoms with Gasteiger partial charge >= 0.3 is 0 Å². The van der Waals surface area contributed by atoms with Crippen molar-refractivity contribution in [1.82, 2.24) is 0 Å². The molecule has 1 rings (SSSR count). The van der Waals surface area contributed by atoms with E-state index in [-0.39, 0.29) is 33.0 Å². The third-order valence-electron chi connectivity index (χ3n) is 2.76. The van der Waals surface area contributed by atoms with Gasteiger partial charge < -0.3 is 0 Å². The van der Waals surface area contributed by atoms with Crippen LogP contribution in [-0.4, -0.2) is 30.5 Å². The largest absolute Gasteiger partial charge is 0.289 e. The number of hydrogen-bond acceptors (Lipinski definition) is 1. The molecule has 0 fully saturated rings. The molecule has 107 valence electrons. The predicted octanol–water partition coefficient (Wildman–Crippen LogP) is 5.50. The Hall–Kier alpha value is 0.497. The summed E-state index contributed by atoms with van der Waals surface area (Å²) in [5.74, 6) is 0.531. The van der Waals surface area contributed by atoms with Gasteiger partial charge in [-0.3, -0.25) is 4.79 Å². The van der Waals surface area contributed by atoms with E-state index in [9.17, 15) is 4.79 Å². The summed E-state index contributed by atoms with van der Waals surface area (Å²) in [5.41, 5.74) is 0.845. The van der Waals surface area contributed by atoms with Crippen LogP contribution in [0.25, 0.3) is 0 Å². The topological polar surface area (TPSA) is 17.1 Å². The van der Waals surface area contributed by atoms with E-state index >= 15 is 0 Å². The molecule has 0 aromatic heterocycles. The first-order valence-corrected chi connectivity index (χ1v) is 8.39. The monoisotopic (exact) mass is 325 g/mol. The first kappa shape index (κ1) is 20.5. The van der Waals surface area contributed by atoms with Gasteiger partial charge in [0.2, 0.25) is 0 Å². The Kier molecular flexibility index (Phi) is 9.04. The van der Waals surface area contributed by atoms with Crippen LogP contribution in [0, 0.1) is 11.3 Å². The number of hydrogen-bond donors (Lipinski definition) is 0. The molecule has 20 heavy (non-hydrogen) atoms. The fourth-order valence-corrected chi connectivity index (χ4v) is 4.04. The molecule has 0 saturated heterocycles. The van der Waals surface area contributed by atoms with E-state index in [2.05, 4.69) is 27.7 Å². The SMILES string of the molecule is CC(CPC(=O)c1c(Cl)cccc1Cl)CC(C)(C)C.[Li]. The Morgan fingerprint density at radius 1 is 1.25 bits per heavy atom. The minimum absolute atomic E-state index is 0. The van der Waals surface area contributed by atoms with E-state index in [1.54, 1.807) is 18.2 Å². The maximum atomic E-state index is 12.2. The summed E-state index contributed by atoms with van der Waals surface area (Å²) >= 11 is 12.1. The maximum absolute atomic E-state index is 12.2. The van der Waals surface area contributed by atoms with Crippen LogP contribution in [0.4, 0.5) is 0 Å². The normalized spacial score (nSPS) is 13.3. The summed E-state index contributed by atoms with van der Waals surface area (Å²) in [5, 5.41) is 0.905. The molecule has 0 saturated carbocycles. The first-order chi connectivity index (χ1) is 8.70. The summed E-state index contributed by atoms with van der Waals surface area (Å²) in [6, 6.07) is 5.18. The predicted molar refractivity (Wildman–Crippen MR) is 93.0 cm³/mol. The van der Waals surface area contributed by atoms with Crippen LogP contribution in [0.3, 0.4) is 0 Å². The third kappa shape index (κ3) is 6.97. The third-order valence-corrected chi connectivity index (χ3v) is 4.86. The minimum Gasteiger partial charge on any atom is -0.289 e. The summed E-state index contributed by atoms with van der Waals surface area (Å²) < 4.78 is 0. The summed E-state index contributed by atoms with van der Waals surface area (Å²) in [6.45, 7) is 8.86. The zero-order chi connectivity index (χ0) is 14.6. The van der Waals surface area contributed by atoms with Crippen LogP contribution in [0.5, 0.6) is 0 Å². The molecule has 0 N–H and O–H groups in total. The van der Waals surface area contributed by atoms with Gasteiger partial charge in [-0.25, -0.2) is 0 Å². The minimum atomic E-state index is 0. The summed E-state index contributed by atoms with van der Waals surface area (Å²) in [4.78, 5) is 12.2. The molecule has 0 aliphatic heterocycles. The molecular formula is C15H21Cl2LiOP. The van der Waals surface area contributed by atoms with Crippen LogP contribution in [0.2, 0.25) is 10.0 Å². The smallest absolute Gasteiger partial charge is 0.184 e. The first-order valence-electron chi connectivity index (χ1n) is 6.43. The van der Waals surface area contributed by atoms with Crippen molar-refractivity contribution < 1.29 is 4.79 Å². The molecule has 0 aliphatic carbocycles. The van der Waals surface area contributed by atoms with Gasteiger partial charge in [-0.1, -0.05) is 57.0 Å². The molecule has 1 radical (unpaired) electrons. The van der Waals surface area contributed by atoms with Crippen molar-refractivity contribution >= 4 is 56.2 Å². The van der Waals surface area contributed by atoms with Crippen LogP contribution < -0.4 is 0 Å². The fourth-order valence-electron chi connectivity index (χ4n) is 2.19. The van der Waals surface area contributed by atoms with Crippen molar-refractivity contribution in [3.8, 4) is 0 Å². The Morgan fingerprint density at radius 3 is 2.20 bits per heavy atom. The van der Waals surface area contributed by atoms with E-state index in [1.165, 1.54) is 0 Å². The second-order valence-electron chi connectivity index (χ2n) is 6.18. The van der Waals surface area contributed by atoms with E-state index in [4.69, 9.17) is 23.2 Å². The summed E-state index contributed by atoms with van der Waals surface area (Å²) in [7, 11) is 0.235. The Morgan fingerprint density at radius 2 is 1.75 bits per heavy atom. The summed E-state index contributed by atoms with van der Waals surface area (Å²) in [6.07, 6.45) is 2.02. The molecule has 0 amide bonds. The van der Waals surface area contributed by atoms with Crippen molar-refractivity contribution in [1.29, 1.82) is 0 Å². The van der Waals surface area contributed by atoms with Gasteiger partial charge in [0.15, 0.2) is 5.52 Å². The number of carbonyl (C=O) groups is 1. The van der Waals surface area contributed by atoms with Crippen LogP contribution >= 0.6 is 31.8 Å². The van der Waals surface area contributed by atoms with Crippen LogP contribution in [0.1, 0.15) is 44.5 Å². The average molecular weight is 326 g/mol. The molecule has 5 heteroatoms. The molecule has 0 heterocycles.